The molecule has 154 valence electrons. The summed E-state index contributed by atoms with van der Waals surface area (Å²) in [6, 6.07) is 26.2. The fourth-order valence-corrected chi connectivity index (χ4v) is 4.81. The summed E-state index contributed by atoms with van der Waals surface area (Å²) in [6.45, 7) is 0.844. The van der Waals surface area contributed by atoms with E-state index in [1.807, 2.05) is 48.5 Å². The van der Waals surface area contributed by atoms with Crippen LogP contribution < -0.4 is 5.56 Å². The smallest absolute Gasteiger partial charge is 0.261 e. The van der Waals surface area contributed by atoms with Crippen LogP contribution in [-0.2, 0) is 25.8 Å². The van der Waals surface area contributed by atoms with Crippen LogP contribution in [0.5, 0.6) is 0 Å². The molecule has 0 fully saturated rings. The average molecular weight is 427 g/mol. The van der Waals surface area contributed by atoms with Gasteiger partial charge in [-0.2, -0.15) is 0 Å². The third kappa shape index (κ3) is 3.86. The van der Waals surface area contributed by atoms with E-state index in [0.717, 1.165) is 40.5 Å². The van der Waals surface area contributed by atoms with Crippen molar-refractivity contribution in [2.24, 2.45) is 7.05 Å². The van der Waals surface area contributed by atoms with E-state index in [4.69, 9.17) is 9.97 Å². The highest BCUT2D eigenvalue weighted by atomic mass is 32.2. The van der Waals surface area contributed by atoms with Crippen molar-refractivity contribution in [3.8, 4) is 0 Å². The number of nitrogens with zero attached hydrogens (tertiary/aromatic N) is 4. The number of aryl methyl sites for hydroxylation is 2. The van der Waals surface area contributed by atoms with Gasteiger partial charge in [-0.15, -0.1) is 0 Å². The molecular formula is C25H22N4OS. The molecule has 5 aromatic rings. The van der Waals surface area contributed by atoms with Crippen molar-refractivity contribution in [1.82, 2.24) is 19.1 Å². The average Bonchev–Trinajstić information content (AvgIpc) is 3.17. The van der Waals surface area contributed by atoms with Crippen molar-refractivity contribution in [3.63, 3.8) is 0 Å². The molecule has 0 spiro atoms. The maximum atomic E-state index is 12.7. The Morgan fingerprint density at radius 3 is 2.39 bits per heavy atom. The molecule has 6 heteroatoms. The number of benzene rings is 3. The number of thioether (sulfide) groups is 1. The molecule has 0 bridgehead atoms. The first kappa shape index (κ1) is 19.6. The van der Waals surface area contributed by atoms with Gasteiger partial charge >= 0.3 is 0 Å². The molecule has 0 amide bonds. The first-order chi connectivity index (χ1) is 15.2. The number of fused-ring (bicyclic) bond motifs is 2. The lowest BCUT2D eigenvalue weighted by Gasteiger charge is -2.11. The minimum Gasteiger partial charge on any atom is -0.319 e. The van der Waals surface area contributed by atoms with Crippen LogP contribution in [0.15, 0.2) is 88.8 Å². The number of aromatic nitrogens is 4. The van der Waals surface area contributed by atoms with Crippen molar-refractivity contribution in [1.29, 1.82) is 0 Å². The second-order valence-corrected chi connectivity index (χ2v) is 8.41. The molecule has 0 radical (unpaired) electrons. The van der Waals surface area contributed by atoms with Gasteiger partial charge in [-0.1, -0.05) is 66.4 Å². The van der Waals surface area contributed by atoms with Crippen LogP contribution in [0.4, 0.5) is 0 Å². The molecule has 0 unspecified atom stereocenters. The van der Waals surface area contributed by atoms with Gasteiger partial charge in [0.25, 0.3) is 5.56 Å². The van der Waals surface area contributed by atoms with Gasteiger partial charge in [0.15, 0.2) is 5.16 Å². The third-order valence-corrected chi connectivity index (χ3v) is 6.46. The van der Waals surface area contributed by atoms with E-state index < -0.39 is 0 Å². The highest BCUT2D eigenvalue weighted by Crippen LogP contribution is 2.27. The fourth-order valence-electron chi connectivity index (χ4n) is 3.79. The van der Waals surface area contributed by atoms with Crippen LogP contribution >= 0.6 is 11.8 Å². The summed E-state index contributed by atoms with van der Waals surface area (Å²) in [5.74, 6) is 1.32. The molecule has 0 aliphatic carbocycles. The third-order valence-electron chi connectivity index (χ3n) is 5.49. The molecule has 0 aliphatic heterocycles. The zero-order valence-corrected chi connectivity index (χ0v) is 18.0. The zero-order valence-electron chi connectivity index (χ0n) is 17.2. The molecule has 0 atom stereocenters. The van der Waals surface area contributed by atoms with Gasteiger partial charge in [0, 0.05) is 13.6 Å². The Hall–Kier alpha value is -3.38. The Morgan fingerprint density at radius 2 is 1.55 bits per heavy atom. The predicted octanol–water partition coefficient (Wildman–Crippen LogP) is 4.82. The SMILES string of the molecule is Cn1c(CSc2nc3ccccc3n2CCc2ccccc2)nc2ccccc2c1=O. The normalized spacial score (nSPS) is 11.4. The highest BCUT2D eigenvalue weighted by molar-refractivity contribution is 7.98. The lowest BCUT2D eigenvalue weighted by atomic mass is 10.1. The van der Waals surface area contributed by atoms with Crippen LogP contribution in [0.2, 0.25) is 0 Å². The molecule has 2 heterocycles. The van der Waals surface area contributed by atoms with E-state index in [9.17, 15) is 4.79 Å². The molecule has 0 saturated carbocycles. The Labute approximate surface area is 184 Å². The summed E-state index contributed by atoms with van der Waals surface area (Å²) in [4.78, 5) is 22.3. The van der Waals surface area contributed by atoms with Crippen LogP contribution in [0.1, 0.15) is 11.4 Å². The lowest BCUT2D eigenvalue weighted by Crippen LogP contribution is -2.22. The summed E-state index contributed by atoms with van der Waals surface area (Å²) in [6.07, 6.45) is 0.932. The Balaban J connectivity index is 1.46. The largest absolute Gasteiger partial charge is 0.319 e. The second-order valence-electron chi connectivity index (χ2n) is 7.47. The van der Waals surface area contributed by atoms with Gasteiger partial charge in [-0.25, -0.2) is 9.97 Å². The topological polar surface area (TPSA) is 52.7 Å². The van der Waals surface area contributed by atoms with Gasteiger partial charge in [0.05, 0.1) is 27.7 Å². The first-order valence-corrected chi connectivity index (χ1v) is 11.3. The number of hydrogen-bond donors (Lipinski definition) is 0. The standard InChI is InChI=1S/C25H22N4OS/c1-28-23(26-20-12-6-5-11-19(20)24(28)30)17-31-25-27-21-13-7-8-14-22(21)29(25)16-15-18-9-3-2-4-10-18/h2-14H,15-17H2,1H3. The molecule has 0 saturated heterocycles. The molecule has 5 rings (SSSR count). The van der Waals surface area contributed by atoms with Gasteiger partial charge < -0.3 is 4.57 Å². The number of imidazole rings is 1. The van der Waals surface area contributed by atoms with Gasteiger partial charge in [0.2, 0.25) is 0 Å². The molecule has 31 heavy (non-hydrogen) atoms. The van der Waals surface area contributed by atoms with E-state index in [2.05, 4.69) is 34.9 Å². The van der Waals surface area contributed by atoms with Crippen molar-refractivity contribution in [2.45, 2.75) is 23.9 Å². The maximum absolute atomic E-state index is 12.7. The lowest BCUT2D eigenvalue weighted by molar-refractivity contribution is 0.651. The van der Waals surface area contributed by atoms with E-state index in [-0.39, 0.29) is 5.56 Å². The quantitative estimate of drug-likeness (QED) is 0.365. The van der Waals surface area contributed by atoms with Crippen molar-refractivity contribution >= 4 is 33.7 Å². The molecule has 0 N–H and O–H groups in total. The molecule has 3 aromatic carbocycles. The summed E-state index contributed by atoms with van der Waals surface area (Å²) < 4.78 is 3.92. The molecular weight excluding hydrogens is 404 g/mol. The zero-order chi connectivity index (χ0) is 21.2. The number of hydrogen-bond acceptors (Lipinski definition) is 4. The molecule has 2 aromatic heterocycles. The minimum atomic E-state index is -0.0150. The van der Waals surface area contributed by atoms with Gasteiger partial charge in [-0.05, 0) is 36.2 Å². The van der Waals surface area contributed by atoms with Crippen LogP contribution in [0.25, 0.3) is 21.9 Å². The summed E-state index contributed by atoms with van der Waals surface area (Å²) in [5, 5.41) is 1.59. The number of para-hydroxylation sites is 3. The van der Waals surface area contributed by atoms with Gasteiger partial charge in [-0.3, -0.25) is 9.36 Å². The van der Waals surface area contributed by atoms with Crippen molar-refractivity contribution in [2.75, 3.05) is 0 Å². The molecule has 0 aliphatic rings. The predicted molar refractivity (Wildman–Crippen MR) is 126 cm³/mol. The summed E-state index contributed by atoms with van der Waals surface area (Å²) in [5.41, 5.74) is 4.13. The fraction of sp³-hybridized carbons (Fsp3) is 0.160. The minimum absolute atomic E-state index is 0.0150. The monoisotopic (exact) mass is 426 g/mol. The first-order valence-electron chi connectivity index (χ1n) is 10.3. The van der Waals surface area contributed by atoms with Crippen LogP contribution in [0, 0.1) is 0 Å². The summed E-state index contributed by atoms with van der Waals surface area (Å²) in [7, 11) is 1.79. The van der Waals surface area contributed by atoms with Crippen LogP contribution in [-0.4, -0.2) is 19.1 Å². The summed E-state index contributed by atoms with van der Waals surface area (Å²) >= 11 is 1.62. The van der Waals surface area contributed by atoms with Gasteiger partial charge in [0.1, 0.15) is 5.82 Å². The Morgan fingerprint density at radius 1 is 0.839 bits per heavy atom. The van der Waals surface area contributed by atoms with Crippen molar-refractivity contribution in [3.05, 3.63) is 101 Å². The van der Waals surface area contributed by atoms with E-state index in [1.54, 1.807) is 23.4 Å². The van der Waals surface area contributed by atoms with E-state index >= 15 is 0 Å². The Kier molecular flexibility index (Phi) is 5.30. The Bertz CT molecular complexity index is 1420. The second kappa shape index (κ2) is 8.40. The van der Waals surface area contributed by atoms with Crippen LogP contribution in [0.3, 0.4) is 0 Å². The molecule has 5 nitrogen and oxygen atoms in total. The highest BCUT2D eigenvalue weighted by Gasteiger charge is 2.14. The van der Waals surface area contributed by atoms with E-state index in [1.165, 1.54) is 5.56 Å². The maximum Gasteiger partial charge on any atom is 0.261 e. The van der Waals surface area contributed by atoms with Crippen molar-refractivity contribution < 1.29 is 0 Å². The number of rotatable bonds is 6. The van der Waals surface area contributed by atoms with E-state index in [0.29, 0.717) is 11.1 Å².